The van der Waals surface area contributed by atoms with E-state index in [-0.39, 0.29) is 24.0 Å². The molecule has 3 rings (SSSR count). The summed E-state index contributed by atoms with van der Waals surface area (Å²) in [4.78, 5) is 29.3. The SMILES string of the molecule is Cc1cccc(N(C)C(=O)[C@@H]2[C@H]3CC[C@H](C3)N2C(=O)OC(C)(C)C)c1. The second-order valence-electron chi connectivity index (χ2n) is 8.30. The topological polar surface area (TPSA) is 49.9 Å². The number of likely N-dealkylation sites (tertiary alicyclic amines) is 1. The lowest BCUT2D eigenvalue weighted by Crippen LogP contribution is -2.54. The van der Waals surface area contributed by atoms with E-state index in [0.717, 1.165) is 30.5 Å². The van der Waals surface area contributed by atoms with Gasteiger partial charge in [0.05, 0.1) is 0 Å². The van der Waals surface area contributed by atoms with Crippen LogP contribution in [0.1, 0.15) is 45.6 Å². The molecule has 2 bridgehead atoms. The molecule has 5 heteroatoms. The highest BCUT2D eigenvalue weighted by Crippen LogP contribution is 2.44. The average Bonchev–Trinajstić information content (AvgIpc) is 3.12. The van der Waals surface area contributed by atoms with Gasteiger partial charge in [-0.25, -0.2) is 4.79 Å². The number of ether oxygens (including phenoxy) is 1. The Morgan fingerprint density at radius 1 is 1.24 bits per heavy atom. The average molecular weight is 344 g/mol. The Balaban J connectivity index is 1.83. The molecule has 3 atom stereocenters. The fourth-order valence-corrected chi connectivity index (χ4v) is 4.05. The number of nitrogens with zero attached hydrogens (tertiary/aromatic N) is 2. The van der Waals surface area contributed by atoms with Crippen LogP contribution in [-0.2, 0) is 9.53 Å². The summed E-state index contributed by atoms with van der Waals surface area (Å²) in [7, 11) is 1.79. The van der Waals surface area contributed by atoms with Crippen molar-refractivity contribution in [3.05, 3.63) is 29.8 Å². The van der Waals surface area contributed by atoms with Crippen LogP contribution in [0.5, 0.6) is 0 Å². The Kier molecular flexibility index (Phi) is 4.52. The first-order chi connectivity index (χ1) is 11.7. The number of benzene rings is 1. The molecule has 5 nitrogen and oxygen atoms in total. The highest BCUT2D eigenvalue weighted by atomic mass is 16.6. The van der Waals surface area contributed by atoms with Crippen molar-refractivity contribution in [3.8, 4) is 0 Å². The third kappa shape index (κ3) is 3.51. The van der Waals surface area contributed by atoms with Gasteiger partial charge in [-0.1, -0.05) is 12.1 Å². The predicted octanol–water partition coefficient (Wildman–Crippen LogP) is 3.75. The maximum atomic E-state index is 13.2. The van der Waals surface area contributed by atoms with E-state index in [1.807, 2.05) is 52.0 Å². The first-order valence-corrected chi connectivity index (χ1v) is 9.03. The number of piperidine rings is 1. The number of aryl methyl sites for hydroxylation is 1. The van der Waals surface area contributed by atoms with Gasteiger partial charge in [0.15, 0.2) is 0 Å². The Labute approximate surface area is 149 Å². The number of likely N-dealkylation sites (N-methyl/N-ethyl adjacent to an activating group) is 1. The van der Waals surface area contributed by atoms with Gasteiger partial charge in [0.25, 0.3) is 0 Å². The lowest BCUT2D eigenvalue weighted by Gasteiger charge is -2.37. The van der Waals surface area contributed by atoms with Gasteiger partial charge in [0.1, 0.15) is 11.6 Å². The minimum Gasteiger partial charge on any atom is -0.444 e. The molecule has 25 heavy (non-hydrogen) atoms. The number of carbonyl (C=O) groups excluding carboxylic acids is 2. The summed E-state index contributed by atoms with van der Waals surface area (Å²) in [6, 6.07) is 7.57. The van der Waals surface area contributed by atoms with Gasteiger partial charge >= 0.3 is 6.09 Å². The minimum atomic E-state index is -0.561. The van der Waals surface area contributed by atoms with Crippen LogP contribution in [-0.4, -0.2) is 41.6 Å². The quantitative estimate of drug-likeness (QED) is 0.821. The van der Waals surface area contributed by atoms with E-state index in [9.17, 15) is 9.59 Å². The largest absolute Gasteiger partial charge is 0.444 e. The Morgan fingerprint density at radius 3 is 2.60 bits per heavy atom. The zero-order chi connectivity index (χ0) is 18.4. The summed E-state index contributed by atoms with van der Waals surface area (Å²) in [5.74, 6) is 0.209. The number of hydrogen-bond donors (Lipinski definition) is 0. The third-order valence-corrected chi connectivity index (χ3v) is 5.16. The Hall–Kier alpha value is -2.04. The molecule has 1 aliphatic carbocycles. The summed E-state index contributed by atoms with van der Waals surface area (Å²) < 4.78 is 5.58. The molecular weight excluding hydrogens is 316 g/mol. The zero-order valence-corrected chi connectivity index (χ0v) is 15.8. The zero-order valence-electron chi connectivity index (χ0n) is 15.8. The second kappa shape index (κ2) is 6.36. The molecule has 2 aliphatic rings. The summed E-state index contributed by atoms with van der Waals surface area (Å²) >= 11 is 0. The first kappa shape index (κ1) is 17.8. The van der Waals surface area contributed by atoms with Crippen molar-refractivity contribution >= 4 is 17.7 Å². The van der Waals surface area contributed by atoms with E-state index < -0.39 is 11.6 Å². The first-order valence-electron chi connectivity index (χ1n) is 9.03. The molecule has 1 aromatic rings. The second-order valence-corrected chi connectivity index (χ2v) is 8.30. The van der Waals surface area contributed by atoms with Crippen molar-refractivity contribution in [1.29, 1.82) is 0 Å². The van der Waals surface area contributed by atoms with Gasteiger partial charge in [0.2, 0.25) is 5.91 Å². The van der Waals surface area contributed by atoms with Gasteiger partial charge in [-0.3, -0.25) is 9.69 Å². The highest BCUT2D eigenvalue weighted by molar-refractivity contribution is 5.99. The molecule has 1 saturated carbocycles. The maximum Gasteiger partial charge on any atom is 0.411 e. The molecule has 136 valence electrons. The van der Waals surface area contributed by atoms with E-state index in [1.54, 1.807) is 16.8 Å². The van der Waals surface area contributed by atoms with Crippen LogP contribution < -0.4 is 4.90 Å². The summed E-state index contributed by atoms with van der Waals surface area (Å²) in [6.45, 7) is 7.57. The molecule has 1 aromatic carbocycles. The van der Waals surface area contributed by atoms with Crippen LogP contribution in [0.15, 0.2) is 24.3 Å². The van der Waals surface area contributed by atoms with Crippen LogP contribution in [0.4, 0.5) is 10.5 Å². The fourth-order valence-electron chi connectivity index (χ4n) is 4.05. The number of anilines is 1. The molecule has 1 heterocycles. The molecule has 2 fully saturated rings. The summed E-state index contributed by atoms with van der Waals surface area (Å²) in [5, 5.41) is 0. The van der Waals surface area contributed by atoms with Crippen molar-refractivity contribution < 1.29 is 14.3 Å². The molecular formula is C20H28N2O3. The molecule has 0 spiro atoms. The van der Waals surface area contributed by atoms with E-state index in [4.69, 9.17) is 4.74 Å². The van der Waals surface area contributed by atoms with Crippen LogP contribution in [0.2, 0.25) is 0 Å². The highest BCUT2D eigenvalue weighted by Gasteiger charge is 2.53. The monoisotopic (exact) mass is 344 g/mol. The van der Waals surface area contributed by atoms with Crippen molar-refractivity contribution in [2.45, 2.75) is 64.6 Å². The van der Waals surface area contributed by atoms with Gasteiger partial charge in [-0.15, -0.1) is 0 Å². The molecule has 0 unspecified atom stereocenters. The molecule has 1 saturated heterocycles. The smallest absolute Gasteiger partial charge is 0.411 e. The third-order valence-electron chi connectivity index (χ3n) is 5.16. The van der Waals surface area contributed by atoms with Crippen LogP contribution in [0, 0.1) is 12.8 Å². The molecule has 0 radical (unpaired) electrons. The summed E-state index contributed by atoms with van der Waals surface area (Å²) in [6.07, 6.45) is 2.50. The van der Waals surface area contributed by atoms with Gasteiger partial charge in [0, 0.05) is 18.8 Å². The van der Waals surface area contributed by atoms with E-state index >= 15 is 0 Å². The van der Waals surface area contributed by atoms with Crippen LogP contribution >= 0.6 is 0 Å². The minimum absolute atomic E-state index is 0.0244. The van der Waals surface area contributed by atoms with E-state index in [0.29, 0.717) is 0 Å². The van der Waals surface area contributed by atoms with Gasteiger partial charge in [-0.05, 0) is 70.6 Å². The summed E-state index contributed by atoms with van der Waals surface area (Å²) in [5.41, 5.74) is 1.40. The number of hydrogen-bond acceptors (Lipinski definition) is 3. The normalized spacial score (nSPS) is 25.2. The number of carbonyl (C=O) groups is 2. The van der Waals surface area contributed by atoms with Crippen LogP contribution in [0.3, 0.4) is 0 Å². The van der Waals surface area contributed by atoms with Crippen molar-refractivity contribution in [2.75, 3.05) is 11.9 Å². The van der Waals surface area contributed by atoms with Crippen molar-refractivity contribution in [1.82, 2.24) is 4.90 Å². The molecule has 0 aromatic heterocycles. The van der Waals surface area contributed by atoms with E-state index in [1.165, 1.54) is 0 Å². The standard InChI is InChI=1S/C20H28N2O3/c1-13-7-6-8-15(11-13)21(5)18(23)17-14-9-10-16(12-14)22(17)19(24)25-20(2,3)4/h6-8,11,14,16-17H,9-10,12H2,1-5H3/t14-,16+,17-/m0/s1. The molecule has 1 aliphatic heterocycles. The Bertz CT molecular complexity index is 680. The van der Waals surface area contributed by atoms with Crippen LogP contribution in [0.25, 0.3) is 0 Å². The van der Waals surface area contributed by atoms with Crippen molar-refractivity contribution in [3.63, 3.8) is 0 Å². The maximum absolute atomic E-state index is 13.2. The van der Waals surface area contributed by atoms with Gasteiger partial charge in [-0.2, -0.15) is 0 Å². The fraction of sp³-hybridized carbons (Fsp3) is 0.600. The lowest BCUT2D eigenvalue weighted by atomic mass is 9.97. The number of fused-ring (bicyclic) bond motifs is 2. The molecule has 0 N–H and O–H groups in total. The Morgan fingerprint density at radius 2 is 1.96 bits per heavy atom. The molecule has 2 amide bonds. The number of rotatable bonds is 2. The lowest BCUT2D eigenvalue weighted by molar-refractivity contribution is -0.125. The van der Waals surface area contributed by atoms with Gasteiger partial charge < -0.3 is 9.64 Å². The van der Waals surface area contributed by atoms with Crippen molar-refractivity contribution in [2.24, 2.45) is 5.92 Å². The number of amides is 2. The van der Waals surface area contributed by atoms with E-state index in [2.05, 4.69) is 0 Å². The predicted molar refractivity (Wildman–Crippen MR) is 97.6 cm³/mol.